The fourth-order valence-corrected chi connectivity index (χ4v) is 4.86. The Morgan fingerprint density at radius 1 is 1.36 bits per heavy atom. The third kappa shape index (κ3) is 2.89. The van der Waals surface area contributed by atoms with Gasteiger partial charge < -0.3 is 5.73 Å². The molecule has 0 unspecified atom stereocenters. The second kappa shape index (κ2) is 6.16. The molecule has 1 aliphatic carbocycles. The summed E-state index contributed by atoms with van der Waals surface area (Å²) in [6, 6.07) is 7.14. The fraction of sp³-hybridized carbons (Fsp3) is 0.312. The molecule has 0 bridgehead atoms. The zero-order valence-corrected chi connectivity index (χ0v) is 14.4. The van der Waals surface area contributed by atoms with E-state index < -0.39 is 15.6 Å². The molecule has 3 N–H and O–H groups in total. The molecule has 1 heterocycles. The number of halogens is 1. The van der Waals surface area contributed by atoms with E-state index in [0.717, 1.165) is 5.56 Å². The molecule has 2 aromatic rings. The molecule has 9 heteroatoms. The molecule has 0 radical (unpaired) electrons. The predicted octanol–water partition coefficient (Wildman–Crippen LogP) is 3.17. The molecule has 1 aromatic heterocycles. The van der Waals surface area contributed by atoms with Crippen molar-refractivity contribution in [2.24, 2.45) is 5.11 Å². The van der Waals surface area contributed by atoms with Crippen molar-refractivity contribution < 1.29 is 12.8 Å². The SMILES string of the molecule is CCN(C1(c2ccc(F)cc2)CC1)S(=O)(=O)c1cnc(N)c(N=N)c1. The van der Waals surface area contributed by atoms with Gasteiger partial charge in [0.1, 0.15) is 16.4 Å². The van der Waals surface area contributed by atoms with E-state index in [-0.39, 0.29) is 28.8 Å². The topological polar surface area (TPSA) is 112 Å². The van der Waals surface area contributed by atoms with Crippen molar-refractivity contribution in [2.75, 3.05) is 12.3 Å². The van der Waals surface area contributed by atoms with Crippen LogP contribution in [-0.4, -0.2) is 24.3 Å². The van der Waals surface area contributed by atoms with Crippen LogP contribution in [0.15, 0.2) is 46.5 Å². The third-order valence-electron chi connectivity index (χ3n) is 4.45. The van der Waals surface area contributed by atoms with Crippen molar-refractivity contribution in [3.63, 3.8) is 0 Å². The summed E-state index contributed by atoms with van der Waals surface area (Å²) in [6.07, 6.45) is 2.48. The van der Waals surface area contributed by atoms with Crippen molar-refractivity contribution >= 4 is 21.5 Å². The zero-order valence-electron chi connectivity index (χ0n) is 13.6. The number of aromatic nitrogens is 1. The van der Waals surface area contributed by atoms with Gasteiger partial charge in [-0.1, -0.05) is 19.1 Å². The summed E-state index contributed by atoms with van der Waals surface area (Å²) in [4.78, 5) is 3.76. The van der Waals surface area contributed by atoms with Gasteiger partial charge in [0.2, 0.25) is 10.0 Å². The normalized spacial score (nSPS) is 16.0. The van der Waals surface area contributed by atoms with Crippen LogP contribution < -0.4 is 5.73 Å². The molecule has 1 saturated carbocycles. The van der Waals surface area contributed by atoms with Gasteiger partial charge in [0.05, 0.1) is 5.54 Å². The summed E-state index contributed by atoms with van der Waals surface area (Å²) < 4.78 is 40.9. The molecule has 1 aromatic carbocycles. The highest BCUT2D eigenvalue weighted by molar-refractivity contribution is 7.89. The van der Waals surface area contributed by atoms with Crippen molar-refractivity contribution in [2.45, 2.75) is 30.2 Å². The number of rotatable bonds is 6. The number of nitrogens with zero attached hydrogens (tertiary/aromatic N) is 3. The molecule has 0 saturated heterocycles. The van der Waals surface area contributed by atoms with Gasteiger partial charge in [-0.15, -0.1) is 0 Å². The summed E-state index contributed by atoms with van der Waals surface area (Å²) in [5.41, 5.74) is 12.8. The van der Waals surface area contributed by atoms with E-state index >= 15 is 0 Å². The lowest BCUT2D eigenvalue weighted by Crippen LogP contribution is -2.40. The van der Waals surface area contributed by atoms with Crippen LogP contribution in [-0.2, 0) is 15.6 Å². The van der Waals surface area contributed by atoms with E-state index in [9.17, 15) is 12.8 Å². The fourth-order valence-electron chi connectivity index (χ4n) is 3.07. The van der Waals surface area contributed by atoms with Crippen LogP contribution in [0.1, 0.15) is 25.3 Å². The first-order valence-corrected chi connectivity index (χ1v) is 9.21. The van der Waals surface area contributed by atoms with Gasteiger partial charge in [-0.05, 0) is 36.6 Å². The van der Waals surface area contributed by atoms with Gasteiger partial charge in [-0.2, -0.15) is 9.42 Å². The molecular formula is C16H18FN5O2S. The second-order valence-electron chi connectivity index (χ2n) is 5.90. The number of nitrogens with one attached hydrogen (secondary N) is 1. The summed E-state index contributed by atoms with van der Waals surface area (Å²) in [6.45, 7) is 2.00. The van der Waals surface area contributed by atoms with Crippen LogP contribution in [0.25, 0.3) is 0 Å². The predicted molar refractivity (Wildman–Crippen MR) is 90.3 cm³/mol. The van der Waals surface area contributed by atoms with Gasteiger partial charge in [-0.3, -0.25) is 0 Å². The smallest absolute Gasteiger partial charge is 0.245 e. The van der Waals surface area contributed by atoms with Crippen LogP contribution in [0.4, 0.5) is 15.9 Å². The molecule has 0 spiro atoms. The molecule has 0 atom stereocenters. The maximum atomic E-state index is 13.2. The minimum Gasteiger partial charge on any atom is -0.382 e. The van der Waals surface area contributed by atoms with Gasteiger partial charge in [0.25, 0.3) is 0 Å². The maximum absolute atomic E-state index is 13.2. The maximum Gasteiger partial charge on any atom is 0.245 e. The highest BCUT2D eigenvalue weighted by atomic mass is 32.2. The van der Waals surface area contributed by atoms with Crippen LogP contribution in [0, 0.1) is 11.3 Å². The van der Waals surface area contributed by atoms with Crippen molar-refractivity contribution in [1.82, 2.24) is 9.29 Å². The molecule has 0 amide bonds. The molecule has 7 nitrogen and oxygen atoms in total. The minimum atomic E-state index is -3.88. The van der Waals surface area contributed by atoms with Gasteiger partial charge in [0, 0.05) is 12.7 Å². The number of nitrogens with two attached hydrogens (primary N) is 1. The molecule has 3 rings (SSSR count). The van der Waals surface area contributed by atoms with E-state index in [4.69, 9.17) is 11.3 Å². The molecule has 1 fully saturated rings. The van der Waals surface area contributed by atoms with Crippen molar-refractivity contribution in [3.05, 3.63) is 47.9 Å². The van der Waals surface area contributed by atoms with E-state index in [1.807, 2.05) is 0 Å². The summed E-state index contributed by atoms with van der Waals surface area (Å²) in [5.74, 6) is -0.369. The Bertz CT molecular complexity index is 911. The highest BCUT2D eigenvalue weighted by Crippen LogP contribution is 2.53. The van der Waals surface area contributed by atoms with Gasteiger partial charge >= 0.3 is 0 Å². The van der Waals surface area contributed by atoms with Crippen LogP contribution in [0.5, 0.6) is 0 Å². The van der Waals surface area contributed by atoms with Gasteiger partial charge in [0.15, 0.2) is 5.82 Å². The molecule has 132 valence electrons. The molecule has 25 heavy (non-hydrogen) atoms. The Morgan fingerprint density at radius 2 is 2.00 bits per heavy atom. The molecule has 1 aliphatic rings. The Kier molecular flexibility index (Phi) is 4.29. The average Bonchev–Trinajstić information content (AvgIpc) is 3.37. The van der Waals surface area contributed by atoms with Crippen molar-refractivity contribution in [1.29, 1.82) is 5.53 Å². The third-order valence-corrected chi connectivity index (χ3v) is 6.46. The van der Waals surface area contributed by atoms with Gasteiger partial charge in [-0.25, -0.2) is 23.3 Å². The Morgan fingerprint density at radius 3 is 2.52 bits per heavy atom. The number of anilines is 1. The second-order valence-corrected chi connectivity index (χ2v) is 7.76. The molecule has 0 aliphatic heterocycles. The number of nitrogen functional groups attached to an aromatic ring is 1. The number of hydrogen-bond donors (Lipinski definition) is 2. The Labute approximate surface area is 145 Å². The standard InChI is InChI=1S/C16H18FN5O2S/c1-2-22(16(7-8-16)11-3-5-12(17)6-4-11)25(23,24)13-9-14(21-19)15(18)20-10-13/h3-6,9-10,19H,2,7-8H2,1H3,(H2,18,20). The minimum absolute atomic E-state index is 0.00308. The van der Waals surface area contributed by atoms with E-state index in [1.165, 1.54) is 28.7 Å². The summed E-state index contributed by atoms with van der Waals surface area (Å²) in [5, 5.41) is 3.21. The summed E-state index contributed by atoms with van der Waals surface area (Å²) >= 11 is 0. The van der Waals surface area contributed by atoms with Crippen molar-refractivity contribution in [3.8, 4) is 0 Å². The highest BCUT2D eigenvalue weighted by Gasteiger charge is 2.53. The number of hydrogen-bond acceptors (Lipinski definition) is 6. The Balaban J connectivity index is 2.05. The Hall–Kier alpha value is -2.39. The monoisotopic (exact) mass is 363 g/mol. The van der Waals surface area contributed by atoms with Crippen LogP contribution in [0.3, 0.4) is 0 Å². The molecular weight excluding hydrogens is 345 g/mol. The summed E-state index contributed by atoms with van der Waals surface area (Å²) in [7, 11) is -3.88. The van der Waals surface area contributed by atoms with E-state index in [0.29, 0.717) is 12.8 Å². The first-order valence-electron chi connectivity index (χ1n) is 7.77. The van der Waals surface area contributed by atoms with E-state index in [2.05, 4.69) is 10.1 Å². The lowest BCUT2D eigenvalue weighted by Gasteiger charge is -2.30. The average molecular weight is 363 g/mol. The van der Waals surface area contributed by atoms with E-state index in [1.54, 1.807) is 19.1 Å². The van der Waals surface area contributed by atoms with Crippen LogP contribution in [0.2, 0.25) is 0 Å². The quantitative estimate of drug-likeness (QED) is 0.767. The lowest BCUT2D eigenvalue weighted by atomic mass is 10.1. The zero-order chi connectivity index (χ0) is 18.2. The lowest BCUT2D eigenvalue weighted by molar-refractivity contribution is 0.316. The van der Waals surface area contributed by atoms with Crippen LogP contribution >= 0.6 is 0 Å². The number of benzene rings is 1. The first kappa shape index (κ1) is 17.4. The first-order chi connectivity index (χ1) is 11.8. The number of sulfonamides is 1. The number of pyridine rings is 1. The largest absolute Gasteiger partial charge is 0.382 e.